The third kappa shape index (κ3) is 3.04. The molecule has 0 amide bonds. The first-order chi connectivity index (χ1) is 14.2. The van der Waals surface area contributed by atoms with E-state index in [0.29, 0.717) is 41.3 Å². The number of carbonyl (C=O) groups is 1. The van der Waals surface area contributed by atoms with Gasteiger partial charge in [-0.05, 0) is 30.3 Å². The predicted molar refractivity (Wildman–Crippen MR) is 105 cm³/mol. The van der Waals surface area contributed by atoms with Gasteiger partial charge in [-0.3, -0.25) is 14.2 Å². The van der Waals surface area contributed by atoms with Crippen molar-refractivity contribution in [3.63, 3.8) is 0 Å². The Bertz CT molecular complexity index is 1280. The smallest absolute Gasteiger partial charge is 0.264 e. The van der Waals surface area contributed by atoms with E-state index in [1.54, 1.807) is 22.9 Å². The molecule has 1 aliphatic heterocycles. The molecule has 0 saturated carbocycles. The van der Waals surface area contributed by atoms with Crippen molar-refractivity contribution in [1.82, 2.24) is 19.3 Å². The lowest BCUT2D eigenvalue weighted by molar-refractivity contribution is 0.0969. The molecule has 0 N–H and O–H groups in total. The number of para-hydroxylation sites is 1. The van der Waals surface area contributed by atoms with Gasteiger partial charge in [0, 0.05) is 5.56 Å². The Morgan fingerprint density at radius 2 is 1.83 bits per heavy atom. The van der Waals surface area contributed by atoms with Crippen LogP contribution in [0.1, 0.15) is 10.4 Å². The van der Waals surface area contributed by atoms with Gasteiger partial charge in [0.2, 0.25) is 0 Å². The zero-order chi connectivity index (χ0) is 19.8. The largest absolute Gasteiger partial charge is 0.486 e. The number of hydrogen-bond donors (Lipinski definition) is 0. The third-order valence-electron chi connectivity index (χ3n) is 4.73. The summed E-state index contributed by atoms with van der Waals surface area (Å²) in [5.41, 5.74) is 1.38. The van der Waals surface area contributed by atoms with E-state index in [2.05, 4.69) is 10.1 Å². The Labute approximate surface area is 164 Å². The highest BCUT2D eigenvalue weighted by Gasteiger charge is 2.17. The number of carbonyl (C=O) groups excluding carboxylic acids is 1. The van der Waals surface area contributed by atoms with E-state index in [9.17, 15) is 9.59 Å². The monoisotopic (exact) mass is 388 g/mol. The van der Waals surface area contributed by atoms with Crippen LogP contribution in [0.3, 0.4) is 0 Å². The molecule has 0 atom stereocenters. The van der Waals surface area contributed by atoms with Gasteiger partial charge < -0.3 is 9.47 Å². The summed E-state index contributed by atoms with van der Waals surface area (Å²) >= 11 is 0. The van der Waals surface area contributed by atoms with Crippen molar-refractivity contribution in [3.05, 3.63) is 77.0 Å². The number of fused-ring (bicyclic) bond motifs is 2. The van der Waals surface area contributed by atoms with Gasteiger partial charge in [0.1, 0.15) is 24.9 Å². The van der Waals surface area contributed by atoms with Crippen LogP contribution in [0, 0.1) is 0 Å². The van der Waals surface area contributed by atoms with Crippen LogP contribution in [0.4, 0.5) is 0 Å². The number of aromatic nitrogens is 4. The predicted octanol–water partition coefficient (Wildman–Crippen LogP) is 2.24. The van der Waals surface area contributed by atoms with Gasteiger partial charge in [-0.25, -0.2) is 9.67 Å². The molecule has 29 heavy (non-hydrogen) atoms. The van der Waals surface area contributed by atoms with E-state index >= 15 is 0 Å². The van der Waals surface area contributed by atoms with E-state index < -0.39 is 0 Å². The van der Waals surface area contributed by atoms with Crippen molar-refractivity contribution < 1.29 is 14.3 Å². The summed E-state index contributed by atoms with van der Waals surface area (Å²) in [5, 5.41) is 4.63. The summed E-state index contributed by atoms with van der Waals surface area (Å²) in [7, 11) is 0. The van der Waals surface area contributed by atoms with Crippen molar-refractivity contribution >= 4 is 16.8 Å². The summed E-state index contributed by atoms with van der Waals surface area (Å²) < 4.78 is 13.9. The van der Waals surface area contributed by atoms with Crippen molar-refractivity contribution in [3.8, 4) is 17.2 Å². The topological polar surface area (TPSA) is 88.2 Å². The lowest BCUT2D eigenvalue weighted by Gasteiger charge is -2.18. The second-order valence-electron chi connectivity index (χ2n) is 6.59. The van der Waals surface area contributed by atoms with Crippen molar-refractivity contribution in [2.24, 2.45) is 0 Å². The SMILES string of the molecule is O=C(Cn1cnc2c(cnn2-c2ccccc2)c1=O)c1ccc2c(c1)OCCO2. The minimum absolute atomic E-state index is 0.127. The summed E-state index contributed by atoms with van der Waals surface area (Å²) in [4.78, 5) is 29.9. The number of ether oxygens (including phenoxy) is 2. The molecule has 2 aromatic carbocycles. The average Bonchev–Trinajstić information content (AvgIpc) is 3.21. The number of rotatable bonds is 4. The fourth-order valence-electron chi connectivity index (χ4n) is 3.28. The highest BCUT2D eigenvalue weighted by Crippen LogP contribution is 2.30. The van der Waals surface area contributed by atoms with Gasteiger partial charge in [0.05, 0.1) is 18.4 Å². The van der Waals surface area contributed by atoms with Crippen LogP contribution in [0.5, 0.6) is 11.5 Å². The summed E-state index contributed by atoms with van der Waals surface area (Å²) in [6.07, 6.45) is 2.85. The average molecular weight is 388 g/mol. The number of ketones is 1. The molecule has 3 heterocycles. The molecule has 0 radical (unpaired) electrons. The second kappa shape index (κ2) is 6.90. The Kier molecular flexibility index (Phi) is 4.09. The molecule has 2 aromatic heterocycles. The lowest BCUT2D eigenvalue weighted by atomic mass is 10.1. The fraction of sp³-hybridized carbons (Fsp3) is 0.143. The quantitative estimate of drug-likeness (QED) is 0.498. The van der Waals surface area contributed by atoms with Gasteiger partial charge in [-0.15, -0.1) is 0 Å². The van der Waals surface area contributed by atoms with Crippen LogP contribution in [-0.2, 0) is 6.54 Å². The first-order valence-electron chi connectivity index (χ1n) is 9.12. The maximum absolute atomic E-state index is 12.8. The van der Waals surface area contributed by atoms with Crippen LogP contribution < -0.4 is 15.0 Å². The zero-order valence-corrected chi connectivity index (χ0v) is 15.3. The van der Waals surface area contributed by atoms with E-state index in [1.165, 1.54) is 17.1 Å². The third-order valence-corrected chi connectivity index (χ3v) is 4.73. The molecule has 0 saturated heterocycles. The molecule has 0 spiro atoms. The van der Waals surface area contributed by atoms with Crippen LogP contribution in [0.2, 0.25) is 0 Å². The first kappa shape index (κ1) is 17.2. The normalized spacial score (nSPS) is 12.8. The molecule has 0 unspecified atom stereocenters. The fourth-order valence-corrected chi connectivity index (χ4v) is 3.28. The molecule has 0 bridgehead atoms. The Morgan fingerprint density at radius 1 is 1.03 bits per heavy atom. The minimum atomic E-state index is -0.317. The maximum Gasteiger partial charge on any atom is 0.264 e. The van der Waals surface area contributed by atoms with Gasteiger partial charge in [-0.1, -0.05) is 18.2 Å². The van der Waals surface area contributed by atoms with Gasteiger partial charge >= 0.3 is 0 Å². The summed E-state index contributed by atoms with van der Waals surface area (Å²) in [6.45, 7) is 0.798. The highest BCUT2D eigenvalue weighted by molar-refractivity contribution is 5.96. The summed E-state index contributed by atoms with van der Waals surface area (Å²) in [5.74, 6) is 0.925. The minimum Gasteiger partial charge on any atom is -0.486 e. The summed E-state index contributed by atoms with van der Waals surface area (Å²) in [6, 6.07) is 14.4. The van der Waals surface area contributed by atoms with Gasteiger partial charge in [0.25, 0.3) is 5.56 Å². The van der Waals surface area contributed by atoms with Crippen molar-refractivity contribution in [2.45, 2.75) is 6.54 Å². The van der Waals surface area contributed by atoms with Gasteiger partial charge in [0.15, 0.2) is 22.9 Å². The van der Waals surface area contributed by atoms with Crippen LogP contribution in [0.15, 0.2) is 65.8 Å². The van der Waals surface area contributed by atoms with Crippen LogP contribution in [0.25, 0.3) is 16.7 Å². The standard InChI is InChI=1S/C21H16N4O4/c26-17(14-6-7-18-19(10-14)29-9-8-28-18)12-24-13-22-20-16(21(24)27)11-23-25(20)15-4-2-1-3-5-15/h1-7,10-11,13H,8-9,12H2. The number of nitrogens with zero attached hydrogens (tertiary/aromatic N) is 4. The van der Waals surface area contributed by atoms with Crippen molar-refractivity contribution in [1.29, 1.82) is 0 Å². The second-order valence-corrected chi connectivity index (χ2v) is 6.59. The molecule has 0 aliphatic carbocycles. The molecule has 8 heteroatoms. The molecule has 0 fully saturated rings. The first-order valence-corrected chi connectivity index (χ1v) is 9.12. The maximum atomic E-state index is 12.8. The van der Waals surface area contributed by atoms with E-state index in [1.807, 2.05) is 30.3 Å². The van der Waals surface area contributed by atoms with Gasteiger partial charge in [-0.2, -0.15) is 5.10 Å². The Balaban J connectivity index is 1.46. The zero-order valence-electron chi connectivity index (χ0n) is 15.3. The molecule has 4 aromatic rings. The molecule has 5 rings (SSSR count). The molecular weight excluding hydrogens is 372 g/mol. The number of benzene rings is 2. The molecule has 1 aliphatic rings. The Morgan fingerprint density at radius 3 is 2.66 bits per heavy atom. The Hall–Kier alpha value is -3.94. The molecular formula is C21H16N4O4. The molecule has 144 valence electrons. The van der Waals surface area contributed by atoms with Crippen molar-refractivity contribution in [2.75, 3.05) is 13.2 Å². The number of Topliss-reactive ketones (excluding diaryl/α,β-unsaturated/α-hetero) is 1. The number of hydrogen-bond acceptors (Lipinski definition) is 6. The highest BCUT2D eigenvalue weighted by atomic mass is 16.6. The van der Waals surface area contributed by atoms with E-state index in [4.69, 9.17) is 9.47 Å². The van der Waals surface area contributed by atoms with Crippen LogP contribution in [-0.4, -0.2) is 38.3 Å². The molecule has 8 nitrogen and oxygen atoms in total. The van der Waals surface area contributed by atoms with E-state index in [-0.39, 0.29) is 17.9 Å². The van der Waals surface area contributed by atoms with Crippen LogP contribution >= 0.6 is 0 Å². The lowest BCUT2D eigenvalue weighted by Crippen LogP contribution is -2.25. The van der Waals surface area contributed by atoms with E-state index in [0.717, 1.165) is 5.69 Å².